The van der Waals surface area contributed by atoms with Gasteiger partial charge in [-0.1, -0.05) is 60.7 Å². The van der Waals surface area contributed by atoms with Crippen LogP contribution in [0.1, 0.15) is 11.1 Å². The summed E-state index contributed by atoms with van der Waals surface area (Å²) in [6, 6.07) is 25.8. The van der Waals surface area contributed by atoms with Crippen molar-refractivity contribution in [3.8, 4) is 0 Å². The lowest BCUT2D eigenvalue weighted by Crippen LogP contribution is -2.08. The van der Waals surface area contributed by atoms with Gasteiger partial charge in [0.2, 0.25) is 0 Å². The van der Waals surface area contributed by atoms with E-state index in [4.69, 9.17) is 10.5 Å². The molecule has 0 atom stereocenters. The molecule has 0 fully saturated rings. The van der Waals surface area contributed by atoms with Crippen LogP contribution in [0.5, 0.6) is 0 Å². The molecule has 0 spiro atoms. The van der Waals surface area contributed by atoms with E-state index in [0.717, 1.165) is 32.7 Å². The Morgan fingerprint density at radius 1 is 0.808 bits per heavy atom. The molecule has 0 heterocycles. The number of nitrogens with two attached hydrogens (primary N) is 1. The number of carbonyl (C=O) groups is 1. The monoisotopic (exact) mass is 341 g/mol. The zero-order chi connectivity index (χ0) is 17.9. The summed E-state index contributed by atoms with van der Waals surface area (Å²) in [5, 5.41) is 4.53. The molecule has 0 saturated carbocycles. The summed E-state index contributed by atoms with van der Waals surface area (Å²) in [5.41, 5.74) is 8.31. The molecule has 4 aromatic rings. The first-order chi connectivity index (χ1) is 12.7. The van der Waals surface area contributed by atoms with Crippen LogP contribution in [0.4, 0.5) is 5.69 Å². The minimum atomic E-state index is -0.244. The van der Waals surface area contributed by atoms with Crippen molar-refractivity contribution in [2.24, 2.45) is 0 Å². The van der Waals surface area contributed by atoms with Crippen LogP contribution in [0.25, 0.3) is 21.5 Å². The summed E-state index contributed by atoms with van der Waals surface area (Å²) in [7, 11) is 0. The van der Waals surface area contributed by atoms with Gasteiger partial charge in [0, 0.05) is 11.3 Å². The van der Waals surface area contributed by atoms with Gasteiger partial charge in [-0.3, -0.25) is 4.79 Å². The molecule has 26 heavy (non-hydrogen) atoms. The van der Waals surface area contributed by atoms with Gasteiger partial charge in [-0.15, -0.1) is 0 Å². The third kappa shape index (κ3) is 3.24. The summed E-state index contributed by atoms with van der Waals surface area (Å²) in [5.74, 6) is -0.244. The number of hydrogen-bond acceptors (Lipinski definition) is 3. The second kappa shape index (κ2) is 6.89. The van der Waals surface area contributed by atoms with E-state index in [-0.39, 0.29) is 19.0 Å². The highest BCUT2D eigenvalue weighted by molar-refractivity contribution is 6.02. The number of anilines is 1. The molecule has 0 aliphatic heterocycles. The Morgan fingerprint density at radius 2 is 1.38 bits per heavy atom. The van der Waals surface area contributed by atoms with Crippen molar-refractivity contribution in [1.82, 2.24) is 0 Å². The fourth-order valence-electron chi connectivity index (χ4n) is 3.27. The number of hydrogen-bond donors (Lipinski definition) is 1. The predicted octanol–water partition coefficient (Wildman–Crippen LogP) is 4.86. The molecule has 128 valence electrons. The van der Waals surface area contributed by atoms with Crippen LogP contribution in [-0.2, 0) is 22.6 Å². The number of ether oxygens (including phenoxy) is 1. The van der Waals surface area contributed by atoms with Crippen LogP contribution in [0.2, 0.25) is 0 Å². The molecule has 0 aliphatic carbocycles. The van der Waals surface area contributed by atoms with E-state index in [1.165, 1.54) is 0 Å². The van der Waals surface area contributed by atoms with E-state index in [2.05, 4.69) is 30.3 Å². The Bertz CT molecular complexity index is 1030. The van der Waals surface area contributed by atoms with E-state index in [0.29, 0.717) is 5.69 Å². The van der Waals surface area contributed by atoms with Gasteiger partial charge in [0.1, 0.15) is 6.61 Å². The zero-order valence-corrected chi connectivity index (χ0v) is 14.3. The lowest BCUT2D eigenvalue weighted by molar-refractivity contribution is -0.144. The SMILES string of the molecule is Nc1ccc(CC(=O)OCc2c3ccccc3cc3ccccc23)cc1. The maximum Gasteiger partial charge on any atom is 0.310 e. The maximum atomic E-state index is 12.3. The highest BCUT2D eigenvalue weighted by Crippen LogP contribution is 2.29. The van der Waals surface area contributed by atoms with Gasteiger partial charge in [-0.25, -0.2) is 0 Å². The molecule has 2 N–H and O–H groups in total. The lowest BCUT2D eigenvalue weighted by atomic mass is 9.97. The van der Waals surface area contributed by atoms with Crippen molar-refractivity contribution in [2.45, 2.75) is 13.0 Å². The number of rotatable bonds is 4. The van der Waals surface area contributed by atoms with Crippen molar-refractivity contribution >= 4 is 33.2 Å². The van der Waals surface area contributed by atoms with Gasteiger partial charge in [0.15, 0.2) is 0 Å². The molecule has 4 rings (SSSR count). The first-order valence-corrected chi connectivity index (χ1v) is 8.60. The smallest absolute Gasteiger partial charge is 0.310 e. The molecule has 0 unspecified atom stereocenters. The van der Waals surface area contributed by atoms with Crippen molar-refractivity contribution in [3.05, 3.63) is 90.0 Å². The van der Waals surface area contributed by atoms with Gasteiger partial charge >= 0.3 is 5.97 Å². The Morgan fingerprint density at radius 3 is 2.00 bits per heavy atom. The summed E-state index contributed by atoms with van der Waals surface area (Å²) in [6.45, 7) is 0.260. The molecular weight excluding hydrogens is 322 g/mol. The van der Waals surface area contributed by atoms with Crippen molar-refractivity contribution < 1.29 is 9.53 Å². The van der Waals surface area contributed by atoms with Crippen molar-refractivity contribution in [2.75, 3.05) is 5.73 Å². The number of benzene rings is 4. The lowest BCUT2D eigenvalue weighted by Gasteiger charge is -2.12. The van der Waals surface area contributed by atoms with E-state index in [1.54, 1.807) is 12.1 Å². The number of esters is 1. The van der Waals surface area contributed by atoms with Crippen LogP contribution in [0.15, 0.2) is 78.9 Å². The maximum absolute atomic E-state index is 12.3. The minimum absolute atomic E-state index is 0.239. The molecular formula is C23H19NO2. The topological polar surface area (TPSA) is 52.3 Å². The van der Waals surface area contributed by atoms with Gasteiger partial charge in [-0.05, 0) is 45.3 Å². The molecule has 0 amide bonds. The molecule has 3 nitrogen and oxygen atoms in total. The van der Waals surface area contributed by atoms with Crippen LogP contribution in [0, 0.1) is 0 Å². The number of fused-ring (bicyclic) bond motifs is 2. The standard InChI is InChI=1S/C23H19NO2/c24-19-11-9-16(10-12-19)13-23(25)26-15-22-20-7-3-1-5-17(20)14-18-6-2-4-8-21(18)22/h1-12,14H,13,15,24H2. The highest BCUT2D eigenvalue weighted by atomic mass is 16.5. The Labute approximate surface area is 152 Å². The zero-order valence-electron chi connectivity index (χ0n) is 14.3. The fourth-order valence-corrected chi connectivity index (χ4v) is 3.27. The summed E-state index contributed by atoms with van der Waals surface area (Å²) < 4.78 is 5.61. The van der Waals surface area contributed by atoms with Gasteiger partial charge in [0.05, 0.1) is 6.42 Å². The molecule has 0 radical (unpaired) electrons. The minimum Gasteiger partial charge on any atom is -0.461 e. The second-order valence-corrected chi connectivity index (χ2v) is 6.38. The second-order valence-electron chi connectivity index (χ2n) is 6.38. The van der Waals surface area contributed by atoms with Gasteiger partial charge in [-0.2, -0.15) is 0 Å². The van der Waals surface area contributed by atoms with E-state index >= 15 is 0 Å². The predicted molar refractivity (Wildman–Crippen MR) is 106 cm³/mol. The van der Waals surface area contributed by atoms with Crippen molar-refractivity contribution in [3.63, 3.8) is 0 Å². The molecule has 0 saturated heterocycles. The molecule has 0 bridgehead atoms. The number of carbonyl (C=O) groups excluding carboxylic acids is 1. The third-order valence-corrected chi connectivity index (χ3v) is 4.59. The largest absolute Gasteiger partial charge is 0.461 e. The Kier molecular flexibility index (Phi) is 4.28. The fraction of sp³-hybridized carbons (Fsp3) is 0.0870. The van der Waals surface area contributed by atoms with Gasteiger partial charge < -0.3 is 10.5 Å². The van der Waals surface area contributed by atoms with E-state index in [9.17, 15) is 4.79 Å². The summed E-state index contributed by atoms with van der Waals surface area (Å²) >= 11 is 0. The summed E-state index contributed by atoms with van der Waals surface area (Å²) in [6.07, 6.45) is 0.239. The first-order valence-electron chi connectivity index (χ1n) is 8.60. The average Bonchev–Trinajstić information content (AvgIpc) is 2.67. The molecule has 0 aliphatic rings. The Balaban J connectivity index is 1.61. The van der Waals surface area contributed by atoms with Gasteiger partial charge in [0.25, 0.3) is 0 Å². The van der Waals surface area contributed by atoms with E-state index in [1.807, 2.05) is 36.4 Å². The average molecular weight is 341 g/mol. The number of nitrogen functional groups attached to an aromatic ring is 1. The van der Waals surface area contributed by atoms with Crippen molar-refractivity contribution in [1.29, 1.82) is 0 Å². The summed E-state index contributed by atoms with van der Waals surface area (Å²) in [4.78, 5) is 12.3. The molecule has 0 aromatic heterocycles. The molecule has 4 aromatic carbocycles. The normalized spacial score (nSPS) is 10.9. The van der Waals surface area contributed by atoms with E-state index < -0.39 is 0 Å². The van der Waals surface area contributed by atoms with Crippen LogP contribution in [0.3, 0.4) is 0 Å². The highest BCUT2D eigenvalue weighted by Gasteiger charge is 2.11. The van der Waals surface area contributed by atoms with Crippen LogP contribution >= 0.6 is 0 Å². The Hall–Kier alpha value is -3.33. The first kappa shape index (κ1) is 16.2. The quantitative estimate of drug-likeness (QED) is 0.328. The van der Waals surface area contributed by atoms with Crippen LogP contribution in [-0.4, -0.2) is 5.97 Å². The third-order valence-electron chi connectivity index (χ3n) is 4.59. The molecule has 3 heteroatoms. The van der Waals surface area contributed by atoms with Crippen LogP contribution < -0.4 is 5.73 Å².